The molecule has 0 bridgehead atoms. The van der Waals surface area contributed by atoms with Gasteiger partial charge >= 0.3 is 0 Å². The van der Waals surface area contributed by atoms with Crippen LogP contribution in [0.5, 0.6) is 5.75 Å². The Morgan fingerprint density at radius 1 is 1.13 bits per heavy atom. The molecule has 158 valence electrons. The smallest absolute Gasteiger partial charge is 0.265 e. The maximum atomic E-state index is 13.1. The Morgan fingerprint density at radius 2 is 1.93 bits per heavy atom. The van der Waals surface area contributed by atoms with Crippen LogP contribution in [0.3, 0.4) is 0 Å². The summed E-state index contributed by atoms with van der Waals surface area (Å²) in [6, 6.07) is 13.5. The first-order valence-electron chi connectivity index (χ1n) is 11.0. The molecule has 2 aromatic carbocycles. The van der Waals surface area contributed by atoms with E-state index in [9.17, 15) is 4.79 Å². The summed E-state index contributed by atoms with van der Waals surface area (Å²) >= 11 is 0. The molecular formula is C25H31N3O2. The summed E-state index contributed by atoms with van der Waals surface area (Å²) in [4.78, 5) is 20.2. The van der Waals surface area contributed by atoms with Gasteiger partial charge in [0.05, 0.1) is 23.2 Å². The van der Waals surface area contributed by atoms with Crippen molar-refractivity contribution in [3.8, 4) is 11.4 Å². The average molecular weight is 406 g/mol. The maximum absolute atomic E-state index is 13.1. The zero-order chi connectivity index (χ0) is 21.1. The highest BCUT2D eigenvalue weighted by Crippen LogP contribution is 2.18. The summed E-state index contributed by atoms with van der Waals surface area (Å²) < 4.78 is 7.60. The Bertz CT molecular complexity index is 1070. The van der Waals surface area contributed by atoms with E-state index in [2.05, 4.69) is 16.8 Å². The van der Waals surface area contributed by atoms with Crippen molar-refractivity contribution in [2.45, 2.75) is 40.0 Å². The van der Waals surface area contributed by atoms with Crippen LogP contribution < -0.4 is 10.3 Å². The Hall–Kier alpha value is -2.66. The van der Waals surface area contributed by atoms with Crippen LogP contribution in [0.1, 0.15) is 37.6 Å². The van der Waals surface area contributed by atoms with Crippen molar-refractivity contribution in [3.05, 3.63) is 64.2 Å². The molecule has 0 spiro atoms. The SMILES string of the molecule is Cc1ccc2nc(C)n(-c3ccc(OCCCN4CCC[C@H](C)C4)cc3)c(=O)c2c1. The Kier molecular flexibility index (Phi) is 6.18. The van der Waals surface area contributed by atoms with Crippen LogP contribution in [0.25, 0.3) is 16.6 Å². The molecule has 5 nitrogen and oxygen atoms in total. The standard InChI is InChI=1S/C25H31N3O2/c1-18-7-12-24-23(16-18)25(29)28(20(3)26-24)21-8-10-22(11-9-21)30-15-5-14-27-13-4-6-19(2)17-27/h7-12,16,19H,4-6,13-15,17H2,1-3H3/t19-/m0/s1. The van der Waals surface area contributed by atoms with Crippen molar-refractivity contribution in [2.75, 3.05) is 26.2 Å². The minimum absolute atomic E-state index is 0.0365. The summed E-state index contributed by atoms with van der Waals surface area (Å²) in [5.74, 6) is 2.33. The molecule has 5 heteroatoms. The molecule has 1 atom stereocenters. The molecule has 2 heterocycles. The first-order chi connectivity index (χ1) is 14.5. The summed E-state index contributed by atoms with van der Waals surface area (Å²) in [6.45, 7) is 10.4. The van der Waals surface area contributed by atoms with Crippen molar-refractivity contribution in [1.29, 1.82) is 0 Å². The highest BCUT2D eigenvalue weighted by atomic mass is 16.5. The lowest BCUT2D eigenvalue weighted by molar-refractivity contribution is 0.170. The van der Waals surface area contributed by atoms with Gasteiger partial charge in [-0.25, -0.2) is 4.98 Å². The topological polar surface area (TPSA) is 47.4 Å². The Labute approximate surface area is 178 Å². The second-order valence-corrected chi connectivity index (χ2v) is 8.56. The number of aryl methyl sites for hydroxylation is 2. The first kappa shape index (κ1) is 20.6. The van der Waals surface area contributed by atoms with E-state index < -0.39 is 0 Å². The number of likely N-dealkylation sites (tertiary alicyclic amines) is 1. The van der Waals surface area contributed by atoms with Crippen LogP contribution in [0.15, 0.2) is 47.3 Å². The van der Waals surface area contributed by atoms with Gasteiger partial charge in [-0.15, -0.1) is 0 Å². The van der Waals surface area contributed by atoms with Gasteiger partial charge in [0.2, 0.25) is 0 Å². The number of hydrogen-bond donors (Lipinski definition) is 0. The zero-order valence-corrected chi connectivity index (χ0v) is 18.2. The van der Waals surface area contributed by atoms with Crippen LogP contribution in [0, 0.1) is 19.8 Å². The third kappa shape index (κ3) is 4.57. The fourth-order valence-corrected chi connectivity index (χ4v) is 4.37. The molecule has 0 amide bonds. The second kappa shape index (κ2) is 9.00. The molecule has 0 N–H and O–H groups in total. The van der Waals surface area contributed by atoms with Crippen LogP contribution in [-0.2, 0) is 0 Å². The second-order valence-electron chi connectivity index (χ2n) is 8.56. The van der Waals surface area contributed by atoms with Gasteiger partial charge in [0.1, 0.15) is 11.6 Å². The summed E-state index contributed by atoms with van der Waals surface area (Å²) in [5.41, 5.74) is 2.57. The number of piperidine rings is 1. The molecule has 30 heavy (non-hydrogen) atoms. The third-order valence-corrected chi connectivity index (χ3v) is 5.91. The highest BCUT2D eigenvalue weighted by molar-refractivity contribution is 5.78. The molecule has 0 radical (unpaired) electrons. The van der Waals surface area contributed by atoms with Crippen molar-refractivity contribution < 1.29 is 4.74 Å². The van der Waals surface area contributed by atoms with E-state index in [1.807, 2.05) is 56.3 Å². The summed E-state index contributed by atoms with van der Waals surface area (Å²) in [5, 5.41) is 0.646. The Morgan fingerprint density at radius 3 is 2.70 bits per heavy atom. The van der Waals surface area contributed by atoms with Gasteiger partial charge < -0.3 is 9.64 Å². The average Bonchev–Trinajstić information content (AvgIpc) is 2.73. The predicted octanol–water partition coefficient (Wildman–Crippen LogP) is 4.50. The van der Waals surface area contributed by atoms with E-state index in [4.69, 9.17) is 4.74 Å². The van der Waals surface area contributed by atoms with E-state index in [0.29, 0.717) is 17.8 Å². The minimum Gasteiger partial charge on any atom is -0.494 e. The van der Waals surface area contributed by atoms with Crippen molar-refractivity contribution in [3.63, 3.8) is 0 Å². The monoisotopic (exact) mass is 405 g/mol. The van der Waals surface area contributed by atoms with Crippen LogP contribution in [0.4, 0.5) is 0 Å². The normalized spacial score (nSPS) is 17.4. The fraction of sp³-hybridized carbons (Fsp3) is 0.440. The molecule has 4 rings (SSSR count). The number of aromatic nitrogens is 2. The van der Waals surface area contributed by atoms with E-state index in [1.54, 1.807) is 4.57 Å². The summed E-state index contributed by atoms with van der Waals surface area (Å²) in [6.07, 6.45) is 3.70. The van der Waals surface area contributed by atoms with E-state index in [-0.39, 0.29) is 5.56 Å². The third-order valence-electron chi connectivity index (χ3n) is 5.91. The predicted molar refractivity (Wildman–Crippen MR) is 122 cm³/mol. The molecule has 3 aromatic rings. The van der Waals surface area contributed by atoms with Gasteiger partial charge in [-0.05, 0) is 82.0 Å². The van der Waals surface area contributed by atoms with Gasteiger partial charge in [-0.1, -0.05) is 18.6 Å². The molecule has 0 saturated carbocycles. The first-order valence-corrected chi connectivity index (χ1v) is 11.0. The van der Waals surface area contributed by atoms with Crippen LogP contribution in [0.2, 0.25) is 0 Å². The maximum Gasteiger partial charge on any atom is 0.265 e. The van der Waals surface area contributed by atoms with Gasteiger partial charge in [-0.3, -0.25) is 9.36 Å². The van der Waals surface area contributed by atoms with Crippen LogP contribution in [-0.4, -0.2) is 40.7 Å². The van der Waals surface area contributed by atoms with Gasteiger partial charge in [0.15, 0.2) is 0 Å². The lowest BCUT2D eigenvalue weighted by atomic mass is 10.0. The number of nitrogens with zero attached hydrogens (tertiary/aromatic N) is 3. The Balaban J connectivity index is 1.42. The lowest BCUT2D eigenvalue weighted by Gasteiger charge is -2.30. The fourth-order valence-electron chi connectivity index (χ4n) is 4.37. The number of fused-ring (bicyclic) bond motifs is 1. The molecule has 1 saturated heterocycles. The van der Waals surface area contributed by atoms with Gasteiger partial charge in [0, 0.05) is 13.1 Å². The zero-order valence-electron chi connectivity index (χ0n) is 18.2. The van der Waals surface area contributed by atoms with E-state index in [0.717, 1.165) is 41.4 Å². The quantitative estimate of drug-likeness (QED) is 0.567. The molecule has 1 aromatic heterocycles. The summed E-state index contributed by atoms with van der Waals surface area (Å²) in [7, 11) is 0. The highest BCUT2D eigenvalue weighted by Gasteiger charge is 2.15. The largest absolute Gasteiger partial charge is 0.494 e. The number of benzene rings is 2. The van der Waals surface area contributed by atoms with Crippen LogP contribution >= 0.6 is 0 Å². The molecule has 1 aliphatic rings. The van der Waals surface area contributed by atoms with Crippen molar-refractivity contribution in [2.24, 2.45) is 5.92 Å². The molecule has 1 fully saturated rings. The molecule has 1 aliphatic heterocycles. The lowest BCUT2D eigenvalue weighted by Crippen LogP contribution is -2.35. The number of rotatable bonds is 6. The number of ether oxygens (including phenoxy) is 1. The molecule has 0 aliphatic carbocycles. The van der Waals surface area contributed by atoms with Gasteiger partial charge in [0.25, 0.3) is 5.56 Å². The van der Waals surface area contributed by atoms with E-state index in [1.165, 1.54) is 25.9 Å². The van der Waals surface area contributed by atoms with E-state index >= 15 is 0 Å². The number of hydrogen-bond acceptors (Lipinski definition) is 4. The van der Waals surface area contributed by atoms with Gasteiger partial charge in [-0.2, -0.15) is 0 Å². The minimum atomic E-state index is -0.0365. The van der Waals surface area contributed by atoms with Crippen molar-refractivity contribution >= 4 is 10.9 Å². The molecule has 0 unspecified atom stereocenters. The molecular weight excluding hydrogens is 374 g/mol. The van der Waals surface area contributed by atoms with Crippen molar-refractivity contribution in [1.82, 2.24) is 14.5 Å².